The molecule has 4 aromatic rings. The van der Waals surface area contributed by atoms with Crippen molar-refractivity contribution < 1.29 is 9.21 Å². The van der Waals surface area contributed by atoms with Gasteiger partial charge in [-0.3, -0.25) is 14.5 Å². The largest absolute Gasteiger partial charge is 0.450 e. The van der Waals surface area contributed by atoms with Crippen LogP contribution in [-0.4, -0.2) is 10.9 Å². The van der Waals surface area contributed by atoms with Crippen molar-refractivity contribution in [3.63, 3.8) is 0 Å². The van der Waals surface area contributed by atoms with Crippen LogP contribution in [0.4, 0.5) is 5.82 Å². The lowest BCUT2D eigenvalue weighted by Gasteiger charge is -2.24. The summed E-state index contributed by atoms with van der Waals surface area (Å²) >= 11 is 0. The summed E-state index contributed by atoms with van der Waals surface area (Å²) in [5, 5.41) is 0.470. The van der Waals surface area contributed by atoms with E-state index in [2.05, 4.69) is 11.9 Å². The highest BCUT2D eigenvalue weighted by atomic mass is 16.3. The van der Waals surface area contributed by atoms with Gasteiger partial charge >= 0.3 is 0 Å². The van der Waals surface area contributed by atoms with Gasteiger partial charge in [0.15, 0.2) is 5.43 Å². The van der Waals surface area contributed by atoms with E-state index in [4.69, 9.17) is 4.42 Å². The van der Waals surface area contributed by atoms with E-state index in [9.17, 15) is 9.59 Å². The molecule has 0 radical (unpaired) electrons. The lowest BCUT2D eigenvalue weighted by molar-refractivity contribution is 0.0970. The minimum atomic E-state index is -0.584. The topological polar surface area (TPSA) is 63.4 Å². The van der Waals surface area contributed by atoms with E-state index >= 15 is 0 Å². The molecule has 2 aromatic carbocycles. The van der Waals surface area contributed by atoms with E-state index in [1.54, 1.807) is 47.5 Å². The zero-order valence-corrected chi connectivity index (χ0v) is 15.8. The number of pyridine rings is 1. The van der Waals surface area contributed by atoms with Crippen LogP contribution in [0, 0.1) is 0 Å². The summed E-state index contributed by atoms with van der Waals surface area (Å²) in [4.78, 5) is 32.7. The van der Waals surface area contributed by atoms with Crippen molar-refractivity contribution in [2.45, 2.75) is 19.4 Å². The number of carbonyl (C=O) groups is 1. The molecule has 3 heterocycles. The molecule has 0 aliphatic carbocycles. The number of rotatable bonds is 3. The third kappa shape index (κ3) is 2.66. The first kappa shape index (κ1) is 17.4. The Hall–Kier alpha value is -3.73. The minimum Gasteiger partial charge on any atom is -0.450 e. The van der Waals surface area contributed by atoms with Crippen LogP contribution in [0.1, 0.15) is 40.2 Å². The van der Waals surface area contributed by atoms with Crippen LogP contribution < -0.4 is 10.3 Å². The van der Waals surface area contributed by atoms with E-state index in [-0.39, 0.29) is 17.1 Å². The van der Waals surface area contributed by atoms with Gasteiger partial charge in [0.1, 0.15) is 11.4 Å². The predicted octanol–water partition coefficient (Wildman–Crippen LogP) is 4.50. The summed E-state index contributed by atoms with van der Waals surface area (Å²) in [6.07, 6.45) is 2.55. The number of carbonyl (C=O) groups excluding carboxylic acids is 1. The number of aromatic nitrogens is 1. The quantitative estimate of drug-likeness (QED) is 0.523. The van der Waals surface area contributed by atoms with Gasteiger partial charge in [-0.15, -0.1) is 0 Å². The molecule has 0 bridgehead atoms. The molecule has 142 valence electrons. The maximum atomic E-state index is 13.4. The van der Waals surface area contributed by atoms with Crippen molar-refractivity contribution in [3.8, 4) is 0 Å². The van der Waals surface area contributed by atoms with Crippen molar-refractivity contribution in [1.82, 2.24) is 4.98 Å². The van der Waals surface area contributed by atoms with Crippen LogP contribution in [0.25, 0.3) is 11.0 Å². The molecule has 1 aliphatic rings. The van der Waals surface area contributed by atoms with Crippen LogP contribution in [0.2, 0.25) is 0 Å². The molecule has 0 spiro atoms. The first-order valence-electron chi connectivity index (χ1n) is 9.58. The number of para-hydroxylation sites is 1. The molecule has 5 rings (SSSR count). The van der Waals surface area contributed by atoms with Crippen molar-refractivity contribution in [2.24, 2.45) is 0 Å². The fourth-order valence-corrected chi connectivity index (χ4v) is 3.90. The Labute approximate surface area is 167 Å². The van der Waals surface area contributed by atoms with Crippen molar-refractivity contribution in [1.29, 1.82) is 0 Å². The number of nitrogens with zero attached hydrogens (tertiary/aromatic N) is 2. The molecule has 0 saturated carbocycles. The first-order chi connectivity index (χ1) is 14.2. The van der Waals surface area contributed by atoms with Crippen molar-refractivity contribution >= 4 is 22.7 Å². The summed E-state index contributed by atoms with van der Waals surface area (Å²) < 4.78 is 5.93. The highest BCUT2D eigenvalue weighted by Gasteiger charge is 2.44. The van der Waals surface area contributed by atoms with Crippen molar-refractivity contribution in [2.75, 3.05) is 4.90 Å². The predicted molar refractivity (Wildman–Crippen MR) is 111 cm³/mol. The van der Waals surface area contributed by atoms with Gasteiger partial charge in [0, 0.05) is 6.20 Å². The lowest BCUT2D eigenvalue weighted by atomic mass is 9.97. The van der Waals surface area contributed by atoms with Gasteiger partial charge in [0.2, 0.25) is 5.76 Å². The summed E-state index contributed by atoms with van der Waals surface area (Å²) in [5.41, 5.74) is 2.63. The SMILES string of the molecule is CCc1ccc([C@@H]2c3c(oc4ccccc4c3=O)C(=O)N2c2ccccn2)cc1. The Morgan fingerprint density at radius 3 is 2.45 bits per heavy atom. The standard InChI is InChI=1S/C24H18N2O3/c1-2-15-10-12-16(13-11-15)21-20-22(27)17-7-3-4-8-18(17)29-23(20)24(28)26(21)19-9-5-6-14-25-19/h3-14,21H,2H2,1H3/t21-/m1/s1. The summed E-state index contributed by atoms with van der Waals surface area (Å²) in [6.45, 7) is 2.09. The molecule has 29 heavy (non-hydrogen) atoms. The highest BCUT2D eigenvalue weighted by Crippen LogP contribution is 2.40. The van der Waals surface area contributed by atoms with Crippen LogP contribution >= 0.6 is 0 Å². The number of anilines is 1. The van der Waals surface area contributed by atoms with Gasteiger partial charge in [0.05, 0.1) is 17.0 Å². The molecule has 0 unspecified atom stereocenters. The minimum absolute atomic E-state index is 0.0870. The second-order valence-electron chi connectivity index (χ2n) is 7.03. The summed E-state index contributed by atoms with van der Waals surface area (Å²) in [6, 6.07) is 19.8. The Balaban J connectivity index is 1.80. The lowest BCUT2D eigenvalue weighted by Crippen LogP contribution is -2.30. The monoisotopic (exact) mass is 382 g/mol. The zero-order valence-electron chi connectivity index (χ0n) is 15.8. The number of fused-ring (bicyclic) bond motifs is 2. The van der Waals surface area contributed by atoms with Crippen LogP contribution in [-0.2, 0) is 6.42 Å². The Kier molecular flexibility index (Phi) is 4.02. The average Bonchev–Trinajstić information content (AvgIpc) is 3.07. The fourth-order valence-electron chi connectivity index (χ4n) is 3.90. The number of hydrogen-bond donors (Lipinski definition) is 0. The molecular weight excluding hydrogens is 364 g/mol. The van der Waals surface area contributed by atoms with E-state index in [0.717, 1.165) is 12.0 Å². The Morgan fingerprint density at radius 1 is 0.966 bits per heavy atom. The molecule has 5 nitrogen and oxygen atoms in total. The second-order valence-corrected chi connectivity index (χ2v) is 7.03. The van der Waals surface area contributed by atoms with Crippen LogP contribution in [0.15, 0.2) is 82.1 Å². The smallest absolute Gasteiger partial charge is 0.296 e. The van der Waals surface area contributed by atoms with E-state index in [0.29, 0.717) is 22.4 Å². The highest BCUT2D eigenvalue weighted by molar-refractivity contribution is 6.10. The van der Waals surface area contributed by atoms with Gasteiger partial charge < -0.3 is 4.42 Å². The number of hydrogen-bond acceptors (Lipinski definition) is 4. The maximum absolute atomic E-state index is 13.4. The zero-order chi connectivity index (χ0) is 20.0. The molecule has 0 saturated heterocycles. The molecule has 1 aliphatic heterocycles. The van der Waals surface area contributed by atoms with E-state index in [1.807, 2.05) is 30.3 Å². The molecule has 1 amide bonds. The first-order valence-corrected chi connectivity index (χ1v) is 9.58. The van der Waals surface area contributed by atoms with Gasteiger partial charge in [-0.25, -0.2) is 4.98 Å². The van der Waals surface area contributed by atoms with Crippen molar-refractivity contribution in [3.05, 3.63) is 106 Å². The van der Waals surface area contributed by atoms with Gasteiger partial charge in [-0.1, -0.05) is 49.4 Å². The third-order valence-electron chi connectivity index (χ3n) is 5.38. The maximum Gasteiger partial charge on any atom is 0.296 e. The molecule has 1 atom stereocenters. The normalized spacial score (nSPS) is 15.7. The van der Waals surface area contributed by atoms with E-state index in [1.165, 1.54) is 5.56 Å². The van der Waals surface area contributed by atoms with E-state index < -0.39 is 6.04 Å². The van der Waals surface area contributed by atoms with Gasteiger partial charge in [-0.05, 0) is 41.8 Å². The molecule has 0 fully saturated rings. The van der Waals surface area contributed by atoms with Gasteiger partial charge in [-0.2, -0.15) is 0 Å². The number of aryl methyl sites for hydroxylation is 1. The Bertz CT molecular complexity index is 1280. The number of amides is 1. The Morgan fingerprint density at radius 2 is 1.72 bits per heavy atom. The summed E-state index contributed by atoms with van der Waals surface area (Å²) in [7, 11) is 0. The number of benzene rings is 2. The molecule has 0 N–H and O–H groups in total. The molecular formula is C24H18N2O3. The fraction of sp³-hybridized carbons (Fsp3) is 0.125. The second kappa shape index (κ2) is 6.71. The average molecular weight is 382 g/mol. The van der Waals surface area contributed by atoms with Gasteiger partial charge in [0.25, 0.3) is 5.91 Å². The molecule has 5 heteroatoms. The molecule has 2 aromatic heterocycles. The summed E-state index contributed by atoms with van der Waals surface area (Å²) in [5.74, 6) is 0.215. The van der Waals surface area contributed by atoms with Crippen LogP contribution in [0.5, 0.6) is 0 Å². The van der Waals surface area contributed by atoms with Crippen LogP contribution in [0.3, 0.4) is 0 Å². The third-order valence-corrected chi connectivity index (χ3v) is 5.38.